The van der Waals surface area contributed by atoms with E-state index in [1.54, 1.807) is 4.57 Å². The van der Waals surface area contributed by atoms with Gasteiger partial charge in [0, 0.05) is 12.2 Å². The van der Waals surface area contributed by atoms with Crippen molar-refractivity contribution < 1.29 is 8.42 Å². The van der Waals surface area contributed by atoms with E-state index in [-0.39, 0.29) is 11.1 Å². The van der Waals surface area contributed by atoms with E-state index in [2.05, 4.69) is 18.8 Å². The van der Waals surface area contributed by atoms with E-state index < -0.39 is 10.0 Å². The molecule has 6 heteroatoms. The molecule has 0 saturated heterocycles. The molecule has 1 rings (SSSR count). The Balaban J connectivity index is 3.00. The first-order valence-electron chi connectivity index (χ1n) is 4.38. The quantitative estimate of drug-likeness (QED) is 0.811. The zero-order chi connectivity index (χ0) is 10.9. The molecule has 0 fully saturated rings. The van der Waals surface area contributed by atoms with Crippen molar-refractivity contribution in [3.05, 3.63) is 12.5 Å². The van der Waals surface area contributed by atoms with Crippen molar-refractivity contribution in [2.75, 3.05) is 0 Å². The maximum absolute atomic E-state index is 10.9. The summed E-state index contributed by atoms with van der Waals surface area (Å²) in [6.07, 6.45) is 2.95. The lowest BCUT2D eigenvalue weighted by atomic mass is 10.1. The molecule has 1 aromatic heterocycles. The maximum Gasteiger partial charge on any atom is 0.257 e. The summed E-state index contributed by atoms with van der Waals surface area (Å²) in [5, 5.41) is 4.86. The Bertz CT molecular complexity index is 408. The molecule has 0 aliphatic carbocycles. The summed E-state index contributed by atoms with van der Waals surface area (Å²) >= 11 is 0. The first kappa shape index (κ1) is 11.2. The number of primary sulfonamides is 1. The number of sulfonamides is 1. The topological polar surface area (TPSA) is 78.0 Å². The highest BCUT2D eigenvalue weighted by Gasteiger charge is 2.15. The summed E-state index contributed by atoms with van der Waals surface area (Å²) in [5.74, 6) is 0.414. The molecule has 5 nitrogen and oxygen atoms in total. The van der Waals surface area contributed by atoms with Crippen molar-refractivity contribution >= 4 is 10.0 Å². The lowest BCUT2D eigenvalue weighted by molar-refractivity contribution is 0.407. The Morgan fingerprint density at radius 2 is 2.00 bits per heavy atom. The van der Waals surface area contributed by atoms with Crippen molar-refractivity contribution in [1.29, 1.82) is 0 Å². The fourth-order valence-corrected chi connectivity index (χ4v) is 1.49. The molecule has 80 valence electrons. The van der Waals surface area contributed by atoms with Crippen LogP contribution in [0.25, 0.3) is 0 Å². The van der Waals surface area contributed by atoms with Gasteiger partial charge >= 0.3 is 0 Å². The number of imidazole rings is 1. The van der Waals surface area contributed by atoms with Crippen LogP contribution < -0.4 is 5.14 Å². The Hall–Kier alpha value is -0.880. The van der Waals surface area contributed by atoms with Crippen LogP contribution in [0.2, 0.25) is 0 Å². The highest BCUT2D eigenvalue weighted by molar-refractivity contribution is 7.89. The molecule has 0 aliphatic rings. The normalized spacial score (nSPS) is 14.6. The molecule has 14 heavy (non-hydrogen) atoms. The van der Waals surface area contributed by atoms with Gasteiger partial charge in [-0.1, -0.05) is 13.8 Å². The third kappa shape index (κ3) is 2.33. The number of hydrogen-bond donors (Lipinski definition) is 1. The van der Waals surface area contributed by atoms with E-state index in [0.717, 1.165) is 0 Å². The third-order valence-electron chi connectivity index (χ3n) is 2.30. The van der Waals surface area contributed by atoms with Crippen LogP contribution in [-0.4, -0.2) is 18.0 Å². The lowest BCUT2D eigenvalue weighted by Gasteiger charge is -2.16. The molecule has 0 aromatic carbocycles. The number of rotatable bonds is 3. The first-order valence-corrected chi connectivity index (χ1v) is 5.93. The smallest absolute Gasteiger partial charge is 0.257 e. The van der Waals surface area contributed by atoms with E-state index in [4.69, 9.17) is 5.14 Å². The average molecular weight is 217 g/mol. The van der Waals surface area contributed by atoms with Gasteiger partial charge in [-0.25, -0.2) is 18.5 Å². The third-order valence-corrected chi connectivity index (χ3v) is 3.10. The molecule has 0 spiro atoms. The van der Waals surface area contributed by atoms with Gasteiger partial charge in [0.25, 0.3) is 10.0 Å². The number of aromatic nitrogens is 2. The zero-order valence-corrected chi connectivity index (χ0v) is 9.32. The molecule has 0 saturated carbocycles. The largest absolute Gasteiger partial charge is 0.333 e. The molecule has 2 N–H and O–H groups in total. The summed E-state index contributed by atoms with van der Waals surface area (Å²) in [6, 6.07) is 0.206. The molecule has 1 atom stereocenters. The number of nitrogens with two attached hydrogens (primary N) is 1. The number of nitrogens with zero attached hydrogens (tertiary/aromatic N) is 2. The van der Waals surface area contributed by atoms with Crippen LogP contribution in [0.3, 0.4) is 0 Å². The van der Waals surface area contributed by atoms with Crippen LogP contribution >= 0.6 is 0 Å². The van der Waals surface area contributed by atoms with E-state index in [9.17, 15) is 8.42 Å². The zero-order valence-electron chi connectivity index (χ0n) is 8.51. The molecular weight excluding hydrogens is 202 g/mol. The Labute approximate surface area is 84.0 Å². The first-order chi connectivity index (χ1) is 6.32. The monoisotopic (exact) mass is 217 g/mol. The average Bonchev–Trinajstić information content (AvgIpc) is 2.49. The minimum absolute atomic E-state index is 0.0787. The van der Waals surface area contributed by atoms with Gasteiger partial charge in [0.2, 0.25) is 0 Å². The van der Waals surface area contributed by atoms with E-state index in [1.807, 2.05) is 6.92 Å². The molecule has 0 aliphatic heterocycles. The van der Waals surface area contributed by atoms with Gasteiger partial charge in [-0.2, -0.15) is 0 Å². The Morgan fingerprint density at radius 1 is 1.43 bits per heavy atom. The SMILES string of the molecule is CC(C)C(C)n1cnc(S(N)(=O)=O)c1. The standard InChI is InChI=1S/C8H15N3O2S/c1-6(2)7(3)11-4-8(10-5-11)14(9,12)13/h4-7H,1-3H3,(H2,9,12,13). The number of hydrogen-bond acceptors (Lipinski definition) is 3. The molecule has 1 unspecified atom stereocenters. The fraction of sp³-hybridized carbons (Fsp3) is 0.625. The molecule has 0 radical (unpaired) electrons. The van der Waals surface area contributed by atoms with Crippen molar-refractivity contribution in [1.82, 2.24) is 9.55 Å². The summed E-state index contributed by atoms with van der Waals surface area (Å²) < 4.78 is 23.6. The molecular formula is C8H15N3O2S. The highest BCUT2D eigenvalue weighted by Crippen LogP contribution is 2.17. The van der Waals surface area contributed by atoms with Gasteiger partial charge in [0.15, 0.2) is 5.03 Å². The van der Waals surface area contributed by atoms with Gasteiger partial charge in [-0.3, -0.25) is 0 Å². The Morgan fingerprint density at radius 3 is 2.36 bits per heavy atom. The van der Waals surface area contributed by atoms with Gasteiger partial charge in [-0.05, 0) is 12.8 Å². The van der Waals surface area contributed by atoms with E-state index in [1.165, 1.54) is 12.5 Å². The van der Waals surface area contributed by atoms with Crippen LogP contribution in [0.5, 0.6) is 0 Å². The lowest BCUT2D eigenvalue weighted by Crippen LogP contribution is -2.13. The molecule has 1 heterocycles. The van der Waals surface area contributed by atoms with Crippen molar-refractivity contribution in [2.24, 2.45) is 11.1 Å². The molecule has 1 aromatic rings. The van der Waals surface area contributed by atoms with E-state index >= 15 is 0 Å². The van der Waals surface area contributed by atoms with Crippen molar-refractivity contribution in [3.8, 4) is 0 Å². The molecule has 0 bridgehead atoms. The predicted octanol–water partition coefficient (Wildman–Crippen LogP) is 0.748. The summed E-state index contributed by atoms with van der Waals surface area (Å²) in [4.78, 5) is 3.74. The van der Waals surface area contributed by atoms with Crippen LogP contribution in [0.15, 0.2) is 17.6 Å². The summed E-state index contributed by atoms with van der Waals surface area (Å²) in [5.41, 5.74) is 0. The maximum atomic E-state index is 10.9. The van der Waals surface area contributed by atoms with E-state index in [0.29, 0.717) is 5.92 Å². The van der Waals surface area contributed by atoms with Gasteiger partial charge in [-0.15, -0.1) is 0 Å². The van der Waals surface area contributed by atoms with Crippen LogP contribution in [0, 0.1) is 5.92 Å². The second-order valence-electron chi connectivity index (χ2n) is 3.69. The molecule has 0 amide bonds. The summed E-state index contributed by atoms with van der Waals surface area (Å²) in [6.45, 7) is 6.11. The van der Waals surface area contributed by atoms with Crippen LogP contribution in [-0.2, 0) is 10.0 Å². The summed E-state index contributed by atoms with van der Waals surface area (Å²) in [7, 11) is -3.67. The highest BCUT2D eigenvalue weighted by atomic mass is 32.2. The fourth-order valence-electron chi connectivity index (χ4n) is 1.03. The van der Waals surface area contributed by atoms with Crippen LogP contribution in [0.1, 0.15) is 26.8 Å². The van der Waals surface area contributed by atoms with Crippen molar-refractivity contribution in [3.63, 3.8) is 0 Å². The van der Waals surface area contributed by atoms with Gasteiger partial charge in [0.1, 0.15) is 0 Å². The minimum Gasteiger partial charge on any atom is -0.333 e. The van der Waals surface area contributed by atoms with Gasteiger partial charge < -0.3 is 4.57 Å². The van der Waals surface area contributed by atoms with Crippen LogP contribution in [0.4, 0.5) is 0 Å². The Kier molecular flexibility index (Phi) is 2.96. The van der Waals surface area contributed by atoms with Crippen molar-refractivity contribution in [2.45, 2.75) is 31.8 Å². The van der Waals surface area contributed by atoms with Gasteiger partial charge in [0.05, 0.1) is 6.33 Å². The second-order valence-corrected chi connectivity index (χ2v) is 5.20. The second kappa shape index (κ2) is 3.70. The minimum atomic E-state index is -3.67. The predicted molar refractivity (Wildman–Crippen MR) is 53.1 cm³/mol.